The number of benzene rings is 20. The van der Waals surface area contributed by atoms with Gasteiger partial charge in [0.15, 0.2) is 0 Å². The van der Waals surface area contributed by atoms with E-state index in [0.717, 1.165) is 150 Å². The Hall–Kier alpha value is -17.8. The molecule has 3 spiro atoms. The average Bonchev–Trinajstić information content (AvgIpc) is 1.51. The van der Waals surface area contributed by atoms with E-state index in [1.54, 1.807) is 11.3 Å². The van der Waals surface area contributed by atoms with Crippen LogP contribution in [0.1, 0.15) is 66.8 Å². The van der Waals surface area contributed by atoms with Crippen molar-refractivity contribution in [3.63, 3.8) is 0 Å². The Bertz CT molecular complexity index is 9010. The van der Waals surface area contributed by atoms with E-state index in [-0.39, 0.29) is 0 Å². The second-order valence-corrected chi connectivity index (χ2v) is 37.3. The summed E-state index contributed by atoms with van der Waals surface area (Å²) in [5.41, 5.74) is 39.8. The van der Waals surface area contributed by atoms with Crippen LogP contribution in [0.15, 0.2) is 479 Å². The Morgan fingerprint density at radius 3 is 1.00 bits per heavy atom. The summed E-state index contributed by atoms with van der Waals surface area (Å²) in [7, 11) is 0. The van der Waals surface area contributed by atoms with Gasteiger partial charge in [-0.25, -0.2) is 4.98 Å². The van der Waals surface area contributed by atoms with E-state index in [1.807, 2.05) is 30.5 Å². The van der Waals surface area contributed by atoms with Gasteiger partial charge in [-0.1, -0.05) is 442 Å². The molecule has 644 valence electrons. The van der Waals surface area contributed by atoms with E-state index < -0.39 is 16.2 Å². The minimum absolute atomic E-state index is 0.456. The van der Waals surface area contributed by atoms with E-state index in [2.05, 4.69) is 468 Å². The molecule has 0 saturated carbocycles. The summed E-state index contributed by atoms with van der Waals surface area (Å²) in [6, 6.07) is 170. The highest BCUT2D eigenvalue weighted by Gasteiger charge is 2.55. The van der Waals surface area contributed by atoms with Crippen molar-refractivity contribution in [2.24, 2.45) is 0 Å². The van der Waals surface area contributed by atoms with Gasteiger partial charge < -0.3 is 14.2 Å². The lowest BCUT2D eigenvalue weighted by Gasteiger charge is -2.40. The number of ether oxygens (including phenoxy) is 3. The molecule has 4 aromatic heterocycles. The first kappa shape index (κ1) is 78.9. The van der Waals surface area contributed by atoms with Crippen LogP contribution in [0.3, 0.4) is 0 Å². The van der Waals surface area contributed by atoms with Crippen molar-refractivity contribution < 1.29 is 14.2 Å². The van der Waals surface area contributed by atoms with Crippen molar-refractivity contribution in [3.05, 3.63) is 546 Å². The molecular formula is C129H79N5O3S. The maximum atomic E-state index is 6.94. The highest BCUT2D eigenvalue weighted by Crippen LogP contribution is 2.68. The maximum absolute atomic E-state index is 6.94. The summed E-state index contributed by atoms with van der Waals surface area (Å²) >= 11 is 1.61. The summed E-state index contributed by atoms with van der Waals surface area (Å²) in [4.78, 5) is 9.77. The van der Waals surface area contributed by atoms with Gasteiger partial charge in [-0.15, -0.1) is 10.2 Å². The fourth-order valence-corrected chi connectivity index (χ4v) is 24.5. The predicted octanol–water partition coefficient (Wildman–Crippen LogP) is 32.6. The van der Waals surface area contributed by atoms with Crippen LogP contribution in [0.25, 0.3) is 159 Å². The zero-order chi connectivity index (χ0) is 90.7. The Balaban J connectivity index is 0.000000103. The number of fused-ring (bicyclic) bond motifs is 36. The van der Waals surface area contributed by atoms with Gasteiger partial charge in [0.1, 0.15) is 50.2 Å². The van der Waals surface area contributed by atoms with Crippen LogP contribution in [0.4, 0.5) is 0 Å². The summed E-state index contributed by atoms with van der Waals surface area (Å²) in [6.07, 6.45) is 1.86. The third-order valence-corrected chi connectivity index (χ3v) is 30.5. The lowest BCUT2D eigenvalue weighted by atomic mass is 9.65. The van der Waals surface area contributed by atoms with Gasteiger partial charge in [0.2, 0.25) is 0 Å². The van der Waals surface area contributed by atoms with Crippen LogP contribution >= 0.6 is 11.3 Å². The van der Waals surface area contributed by atoms with Gasteiger partial charge in [-0.3, -0.25) is 9.38 Å². The lowest BCUT2D eigenvalue weighted by molar-refractivity contribution is 0.438. The Morgan fingerprint density at radius 2 is 0.543 bits per heavy atom. The van der Waals surface area contributed by atoms with Crippen LogP contribution in [-0.2, 0) is 16.2 Å². The zero-order valence-electron chi connectivity index (χ0n) is 74.5. The van der Waals surface area contributed by atoms with Gasteiger partial charge in [-0.05, 0) is 148 Å². The van der Waals surface area contributed by atoms with Crippen LogP contribution in [0, 0.1) is 0 Å². The van der Waals surface area contributed by atoms with Crippen molar-refractivity contribution in [2.45, 2.75) is 16.2 Å². The molecule has 0 amide bonds. The molecule has 0 saturated heterocycles. The number of pyridine rings is 2. The molecule has 3 aliphatic heterocycles. The van der Waals surface area contributed by atoms with Crippen molar-refractivity contribution in [3.8, 4) is 145 Å². The molecule has 7 heterocycles. The summed E-state index contributed by atoms with van der Waals surface area (Å²) < 4.78 is 22.9. The minimum atomic E-state index is -0.481. The molecular weight excluding hydrogens is 1700 g/mol. The van der Waals surface area contributed by atoms with Crippen LogP contribution < -0.4 is 14.2 Å². The number of nitrogens with zero attached hydrogens (tertiary/aromatic N) is 5. The molecule has 30 rings (SSSR count). The number of imidazole rings is 1. The van der Waals surface area contributed by atoms with Crippen molar-refractivity contribution >= 4 is 60.6 Å². The van der Waals surface area contributed by atoms with Gasteiger partial charge in [0, 0.05) is 89.1 Å². The number of hydrogen-bond donors (Lipinski definition) is 0. The molecule has 138 heavy (non-hydrogen) atoms. The quantitative estimate of drug-likeness (QED) is 0.147. The monoisotopic (exact) mass is 1780 g/mol. The van der Waals surface area contributed by atoms with Crippen molar-refractivity contribution in [2.75, 3.05) is 0 Å². The number of hydrogen-bond acceptors (Lipinski definition) is 8. The van der Waals surface area contributed by atoms with Crippen LogP contribution in [0.5, 0.6) is 34.5 Å². The number of para-hydroxylation sites is 9. The third-order valence-electron chi connectivity index (χ3n) is 29.4. The molecule has 0 unspecified atom stereocenters. The van der Waals surface area contributed by atoms with Crippen molar-refractivity contribution in [1.82, 2.24) is 24.6 Å². The highest BCUT2D eigenvalue weighted by molar-refractivity contribution is 7.17. The van der Waals surface area contributed by atoms with E-state index in [1.165, 1.54) is 111 Å². The average molecular weight is 1780 g/mol. The first-order valence-electron chi connectivity index (χ1n) is 47.0. The van der Waals surface area contributed by atoms with Gasteiger partial charge in [-0.2, -0.15) is 0 Å². The van der Waals surface area contributed by atoms with Crippen LogP contribution in [0.2, 0.25) is 0 Å². The molecule has 0 N–H and O–H groups in total. The molecule has 24 aromatic rings. The fraction of sp³-hybridized carbons (Fsp3) is 0.0233. The Kier molecular flexibility index (Phi) is 17.8. The molecule has 0 radical (unpaired) electrons. The molecule has 0 fully saturated rings. The largest absolute Gasteiger partial charge is 0.456 e. The normalized spacial score (nSPS) is 13.6. The second-order valence-electron chi connectivity index (χ2n) is 36.3. The minimum Gasteiger partial charge on any atom is -0.456 e. The van der Waals surface area contributed by atoms with Gasteiger partial charge in [0.05, 0.1) is 38.3 Å². The summed E-state index contributed by atoms with van der Waals surface area (Å²) in [5, 5.41) is 15.5. The van der Waals surface area contributed by atoms with E-state index in [4.69, 9.17) is 19.2 Å². The summed E-state index contributed by atoms with van der Waals surface area (Å²) in [5.74, 6) is 5.44. The first-order valence-corrected chi connectivity index (χ1v) is 47.8. The Morgan fingerprint density at radius 1 is 0.217 bits per heavy atom. The molecule has 0 bridgehead atoms. The van der Waals surface area contributed by atoms with Crippen LogP contribution in [-0.4, -0.2) is 24.6 Å². The lowest BCUT2D eigenvalue weighted by Crippen LogP contribution is -2.32. The van der Waals surface area contributed by atoms with E-state index in [0.29, 0.717) is 0 Å². The van der Waals surface area contributed by atoms with E-state index in [9.17, 15) is 0 Å². The molecule has 9 heteroatoms. The smallest absolute Gasteiger partial charge is 0.148 e. The standard InChI is InChI=1S/C50H30N2O.C40H25NO.C39H24N2OS/c1-2-15-39-35(12-1)38-29-28-33(30-46(38)52-45-22-9-8-21-44(45)51-49(39)52)31-24-26-32(27-25-31)34-16-11-20-43-48(34)53-47-23-10-7-19-42(47)50(43)40-17-5-3-13-36(40)37-14-4-6-18-41(37)50;1-3-16-33-31(12-1)32-13-2-4-17-34(32)40(33)35-18-5-6-20-37(35)42-39-30(15-8-19-36(39)40)27-23-21-26(22-24-27)29-14-7-10-28-11-9-25-41-38(28)29;1-2-11-26(12-3-1)37-40-41-38(43-37)27-23-21-25(22-24-27)28-15-10-19-34-36(28)42-35-20-9-8-18-33(35)39(34)31-16-6-4-13-29(31)30-14-5-7-17-32(30)39/h1-30H;1-25H;1-24H. The molecule has 20 aromatic carbocycles. The number of rotatable bonds is 7. The Labute approximate surface area is 800 Å². The molecule has 6 aliphatic rings. The van der Waals surface area contributed by atoms with Crippen molar-refractivity contribution in [1.29, 1.82) is 0 Å². The first-order chi connectivity index (χ1) is 68.4. The molecule has 8 nitrogen and oxygen atoms in total. The SMILES string of the molecule is c1ccc(-c2nnc(-c3ccc(-c4cccc5c4Oc4ccccc4C54c5ccccc5-c5ccccc54)cc3)s2)cc1.c1ccc2c(c1)Oc1c(-c3ccc(-c4ccc5c6ccccc6c6nc7ccccc7n6c5c4)cc3)cccc1C21c2ccccc2-c2ccccc21.c1ccc2c(c1)Oc1c(-c3ccc(-c4cccc5cccnc45)cc3)cccc1C21c2ccccc2-c2ccccc21. The summed E-state index contributed by atoms with van der Waals surface area (Å²) in [6.45, 7) is 0. The highest BCUT2D eigenvalue weighted by atomic mass is 32.1. The predicted molar refractivity (Wildman–Crippen MR) is 560 cm³/mol. The molecule has 0 atom stereocenters. The third kappa shape index (κ3) is 11.6. The maximum Gasteiger partial charge on any atom is 0.148 e. The zero-order valence-corrected chi connectivity index (χ0v) is 75.3. The molecule has 3 aliphatic carbocycles. The second kappa shape index (κ2) is 31.2. The van der Waals surface area contributed by atoms with E-state index >= 15 is 0 Å². The fourth-order valence-electron chi connectivity index (χ4n) is 23.6. The van der Waals surface area contributed by atoms with Gasteiger partial charge >= 0.3 is 0 Å². The van der Waals surface area contributed by atoms with Gasteiger partial charge in [0.25, 0.3) is 0 Å². The topological polar surface area (TPSA) is 83.7 Å². The number of aromatic nitrogens is 5.